The third-order valence-electron chi connectivity index (χ3n) is 6.17. The first-order chi connectivity index (χ1) is 20.5. The standard InChI is InChI=1S/C31H42N4O8/c1-21(2)19-35(28(20-36)30(40)43-17-15-33-23(4)38)31(41)34-27(29(39)42-16-14-32-22(3)37)18-24-10-12-26(13-11-24)25-8-6-5-7-9-25/h5-13,21,27-28,36H,14-20H2,1-4H3,(H,32,37)(H,33,38)(H,34,41)/t27-,28-/m0/s1. The molecule has 12 heteroatoms. The smallest absolute Gasteiger partial charge is 0.331 e. The Labute approximate surface area is 252 Å². The van der Waals surface area contributed by atoms with Gasteiger partial charge in [-0.15, -0.1) is 0 Å². The van der Waals surface area contributed by atoms with Gasteiger partial charge in [0.05, 0.1) is 19.7 Å². The fraction of sp³-hybridized carbons (Fsp3) is 0.452. The van der Waals surface area contributed by atoms with E-state index in [0.717, 1.165) is 21.6 Å². The molecule has 234 valence electrons. The molecule has 43 heavy (non-hydrogen) atoms. The molecular weight excluding hydrogens is 556 g/mol. The summed E-state index contributed by atoms with van der Waals surface area (Å²) in [5.74, 6) is -2.24. The van der Waals surface area contributed by atoms with Crippen LogP contribution in [-0.4, -0.2) is 91.3 Å². The van der Waals surface area contributed by atoms with E-state index in [4.69, 9.17) is 9.47 Å². The molecule has 4 N–H and O–H groups in total. The van der Waals surface area contributed by atoms with Crippen LogP contribution < -0.4 is 16.0 Å². The van der Waals surface area contributed by atoms with Crippen molar-refractivity contribution in [3.05, 3.63) is 60.2 Å². The predicted molar refractivity (Wildman–Crippen MR) is 160 cm³/mol. The Hall–Kier alpha value is -4.45. The molecule has 2 aromatic carbocycles. The summed E-state index contributed by atoms with van der Waals surface area (Å²) in [7, 11) is 0. The molecule has 0 aliphatic heterocycles. The maximum absolute atomic E-state index is 13.5. The fourth-order valence-corrected chi connectivity index (χ4v) is 4.12. The van der Waals surface area contributed by atoms with E-state index in [1.54, 1.807) is 0 Å². The maximum Gasteiger partial charge on any atom is 0.331 e. The Morgan fingerprint density at radius 2 is 1.33 bits per heavy atom. The van der Waals surface area contributed by atoms with Crippen molar-refractivity contribution < 1.29 is 38.6 Å². The minimum atomic E-state index is -1.35. The van der Waals surface area contributed by atoms with Crippen molar-refractivity contribution in [2.75, 3.05) is 39.5 Å². The van der Waals surface area contributed by atoms with Gasteiger partial charge in [0.15, 0.2) is 6.04 Å². The van der Waals surface area contributed by atoms with E-state index in [-0.39, 0.29) is 57.0 Å². The van der Waals surface area contributed by atoms with Crippen molar-refractivity contribution in [1.29, 1.82) is 0 Å². The summed E-state index contributed by atoms with van der Waals surface area (Å²) in [5, 5.41) is 17.7. The van der Waals surface area contributed by atoms with Gasteiger partial charge in [0.25, 0.3) is 0 Å². The molecule has 0 radical (unpaired) electrons. The molecule has 0 saturated heterocycles. The molecule has 0 bridgehead atoms. The molecule has 2 atom stereocenters. The second kappa shape index (κ2) is 18.2. The second-order valence-corrected chi connectivity index (χ2v) is 10.3. The molecule has 0 aromatic heterocycles. The number of aliphatic hydroxyl groups is 1. The Kier molecular flexibility index (Phi) is 14.7. The van der Waals surface area contributed by atoms with Crippen molar-refractivity contribution >= 4 is 29.8 Å². The van der Waals surface area contributed by atoms with Gasteiger partial charge in [0, 0.05) is 26.8 Å². The molecule has 0 heterocycles. The summed E-state index contributed by atoms with van der Waals surface area (Å²) < 4.78 is 10.5. The zero-order valence-electron chi connectivity index (χ0n) is 25.1. The van der Waals surface area contributed by atoms with Gasteiger partial charge in [-0.05, 0) is 22.6 Å². The number of urea groups is 1. The lowest BCUT2D eigenvalue weighted by atomic mass is 10.0. The molecule has 0 aliphatic rings. The number of benzene rings is 2. The van der Waals surface area contributed by atoms with E-state index in [0.29, 0.717) is 0 Å². The normalized spacial score (nSPS) is 12.0. The van der Waals surface area contributed by atoms with E-state index in [1.165, 1.54) is 13.8 Å². The minimum Gasteiger partial charge on any atom is -0.462 e. The highest BCUT2D eigenvalue weighted by Gasteiger charge is 2.34. The predicted octanol–water partition coefficient (Wildman–Crippen LogP) is 1.65. The number of hydrogen-bond acceptors (Lipinski definition) is 8. The summed E-state index contributed by atoms with van der Waals surface area (Å²) in [6.45, 7) is 5.62. The largest absolute Gasteiger partial charge is 0.462 e. The molecule has 12 nitrogen and oxygen atoms in total. The number of nitrogens with one attached hydrogen (secondary N) is 3. The first kappa shape index (κ1) is 34.7. The lowest BCUT2D eigenvalue weighted by molar-refractivity contribution is -0.150. The minimum absolute atomic E-state index is 0.0745. The van der Waals surface area contributed by atoms with Crippen LogP contribution in [0.2, 0.25) is 0 Å². The molecule has 0 unspecified atom stereocenters. The van der Waals surface area contributed by atoms with Crippen LogP contribution in [0.1, 0.15) is 33.3 Å². The highest BCUT2D eigenvalue weighted by Crippen LogP contribution is 2.20. The van der Waals surface area contributed by atoms with Crippen molar-refractivity contribution in [3.63, 3.8) is 0 Å². The molecule has 0 fully saturated rings. The lowest BCUT2D eigenvalue weighted by Gasteiger charge is -2.32. The van der Waals surface area contributed by atoms with Crippen molar-refractivity contribution in [2.45, 2.75) is 46.2 Å². The molecule has 0 aliphatic carbocycles. The van der Waals surface area contributed by atoms with Gasteiger partial charge in [0.2, 0.25) is 11.8 Å². The maximum atomic E-state index is 13.5. The lowest BCUT2D eigenvalue weighted by Crippen LogP contribution is -2.56. The van der Waals surface area contributed by atoms with Crippen molar-refractivity contribution in [2.24, 2.45) is 5.92 Å². The Morgan fingerprint density at radius 3 is 1.84 bits per heavy atom. The fourth-order valence-electron chi connectivity index (χ4n) is 4.12. The van der Waals surface area contributed by atoms with Gasteiger partial charge in [-0.1, -0.05) is 68.4 Å². The molecule has 0 spiro atoms. The van der Waals surface area contributed by atoms with Gasteiger partial charge in [-0.2, -0.15) is 0 Å². The topological polar surface area (TPSA) is 163 Å². The zero-order chi connectivity index (χ0) is 31.8. The number of nitrogens with zero attached hydrogens (tertiary/aromatic N) is 1. The Bertz CT molecular complexity index is 1200. The number of carbonyl (C=O) groups is 5. The summed E-state index contributed by atoms with van der Waals surface area (Å²) in [6, 6.07) is 14.0. The van der Waals surface area contributed by atoms with E-state index in [2.05, 4.69) is 16.0 Å². The molecule has 2 rings (SSSR count). The SMILES string of the molecule is CC(=O)NCCOC(=O)[C@H](Cc1ccc(-c2ccccc2)cc1)NC(=O)N(CC(C)C)[C@@H](CO)C(=O)OCCNC(C)=O. The zero-order valence-corrected chi connectivity index (χ0v) is 25.1. The van der Waals surface area contributed by atoms with Crippen LogP contribution in [0.5, 0.6) is 0 Å². The van der Waals surface area contributed by atoms with Crippen LogP contribution in [0.3, 0.4) is 0 Å². The van der Waals surface area contributed by atoms with Crippen LogP contribution in [0.25, 0.3) is 11.1 Å². The molecule has 0 saturated carbocycles. The number of ether oxygens (including phenoxy) is 2. The van der Waals surface area contributed by atoms with Crippen molar-refractivity contribution in [1.82, 2.24) is 20.9 Å². The average Bonchev–Trinajstić information content (AvgIpc) is 2.97. The van der Waals surface area contributed by atoms with Crippen LogP contribution in [-0.2, 0) is 35.1 Å². The van der Waals surface area contributed by atoms with Crippen molar-refractivity contribution in [3.8, 4) is 11.1 Å². The van der Waals surface area contributed by atoms with Gasteiger partial charge < -0.3 is 35.4 Å². The first-order valence-electron chi connectivity index (χ1n) is 14.2. The number of rotatable bonds is 16. The van der Waals surface area contributed by atoms with Crippen LogP contribution >= 0.6 is 0 Å². The summed E-state index contributed by atoms with van der Waals surface area (Å²) >= 11 is 0. The van der Waals surface area contributed by atoms with Crippen LogP contribution in [0.4, 0.5) is 4.79 Å². The quantitative estimate of drug-likeness (QED) is 0.167. The Balaban J connectivity index is 2.23. The first-order valence-corrected chi connectivity index (χ1v) is 14.2. The summed E-state index contributed by atoms with van der Waals surface area (Å²) in [6.07, 6.45) is 0.0836. The number of hydrogen-bond donors (Lipinski definition) is 4. The Morgan fingerprint density at radius 1 is 0.791 bits per heavy atom. The monoisotopic (exact) mass is 598 g/mol. The highest BCUT2D eigenvalue weighted by molar-refractivity contribution is 5.87. The van der Waals surface area contributed by atoms with Crippen LogP contribution in [0, 0.1) is 5.92 Å². The number of esters is 2. The molecular formula is C31H42N4O8. The van der Waals surface area contributed by atoms with E-state index in [9.17, 15) is 29.1 Å². The van der Waals surface area contributed by atoms with E-state index in [1.807, 2.05) is 68.4 Å². The average molecular weight is 599 g/mol. The van der Waals surface area contributed by atoms with Gasteiger partial charge in [-0.3, -0.25) is 9.59 Å². The molecule has 2 aromatic rings. The number of amides is 4. The van der Waals surface area contributed by atoms with Gasteiger partial charge in [-0.25, -0.2) is 14.4 Å². The number of carbonyl (C=O) groups excluding carboxylic acids is 5. The summed E-state index contributed by atoms with van der Waals surface area (Å²) in [4.78, 5) is 62.8. The second-order valence-electron chi connectivity index (χ2n) is 10.3. The highest BCUT2D eigenvalue weighted by atomic mass is 16.5. The molecule has 4 amide bonds. The summed E-state index contributed by atoms with van der Waals surface area (Å²) in [5.41, 5.74) is 2.75. The number of aliphatic hydroxyl groups excluding tert-OH is 1. The van der Waals surface area contributed by atoms with Crippen LogP contribution in [0.15, 0.2) is 54.6 Å². The third kappa shape index (κ3) is 12.5. The third-order valence-corrected chi connectivity index (χ3v) is 6.17. The van der Waals surface area contributed by atoms with E-state index < -0.39 is 36.7 Å². The van der Waals surface area contributed by atoms with E-state index >= 15 is 0 Å². The van der Waals surface area contributed by atoms with Gasteiger partial charge in [0.1, 0.15) is 19.3 Å². The van der Waals surface area contributed by atoms with Gasteiger partial charge >= 0.3 is 18.0 Å².